The van der Waals surface area contributed by atoms with Gasteiger partial charge in [-0.3, -0.25) is 19.3 Å². The SMILES string of the molecule is O=C(CNC(=O)c1ccccc1NS(=O)(=O)c1ccc2c(c1)OCCO2)Nc1cccnc1. The third-order valence-electron chi connectivity index (χ3n) is 4.59. The molecule has 11 heteroatoms. The number of sulfonamides is 1. The molecular formula is C22H20N4O6S. The lowest BCUT2D eigenvalue weighted by atomic mass is 10.1. The number of carbonyl (C=O) groups is 2. The highest BCUT2D eigenvalue weighted by molar-refractivity contribution is 7.92. The van der Waals surface area contributed by atoms with Crippen molar-refractivity contribution in [3.63, 3.8) is 0 Å². The quantitative estimate of drug-likeness (QED) is 0.483. The van der Waals surface area contributed by atoms with Gasteiger partial charge in [-0.05, 0) is 36.4 Å². The molecule has 2 heterocycles. The second kappa shape index (κ2) is 9.57. The smallest absolute Gasteiger partial charge is 0.262 e. The number of para-hydroxylation sites is 1. The summed E-state index contributed by atoms with van der Waals surface area (Å²) in [5.41, 5.74) is 0.620. The van der Waals surface area contributed by atoms with Crippen LogP contribution in [-0.4, -0.2) is 45.0 Å². The first kappa shape index (κ1) is 22.1. The highest BCUT2D eigenvalue weighted by atomic mass is 32.2. The molecule has 0 radical (unpaired) electrons. The zero-order valence-electron chi connectivity index (χ0n) is 17.3. The molecule has 1 aliphatic heterocycles. The largest absolute Gasteiger partial charge is 0.486 e. The van der Waals surface area contributed by atoms with Crippen molar-refractivity contribution in [1.82, 2.24) is 10.3 Å². The third kappa shape index (κ3) is 5.39. The van der Waals surface area contributed by atoms with Crippen LogP contribution in [-0.2, 0) is 14.8 Å². The van der Waals surface area contributed by atoms with Gasteiger partial charge in [0.25, 0.3) is 15.9 Å². The number of benzene rings is 2. The number of nitrogens with one attached hydrogen (secondary N) is 3. The van der Waals surface area contributed by atoms with E-state index in [-0.39, 0.29) is 22.7 Å². The fraction of sp³-hybridized carbons (Fsp3) is 0.136. The molecule has 1 aliphatic rings. The van der Waals surface area contributed by atoms with E-state index in [0.29, 0.717) is 30.4 Å². The maximum absolute atomic E-state index is 12.9. The Morgan fingerprint density at radius 1 is 0.970 bits per heavy atom. The van der Waals surface area contributed by atoms with Gasteiger partial charge >= 0.3 is 0 Å². The molecular weight excluding hydrogens is 448 g/mol. The molecule has 0 bridgehead atoms. The van der Waals surface area contributed by atoms with Crippen molar-refractivity contribution in [2.45, 2.75) is 4.90 Å². The summed E-state index contributed by atoms with van der Waals surface area (Å²) in [6.45, 7) is 0.401. The lowest BCUT2D eigenvalue weighted by molar-refractivity contribution is -0.115. The second-order valence-electron chi connectivity index (χ2n) is 6.93. The Bertz CT molecular complexity index is 1280. The lowest BCUT2D eigenvalue weighted by Gasteiger charge is -2.19. The van der Waals surface area contributed by atoms with Gasteiger partial charge in [0.15, 0.2) is 11.5 Å². The molecule has 0 saturated heterocycles. The number of rotatable bonds is 7. The average Bonchev–Trinajstić information content (AvgIpc) is 2.83. The molecule has 2 aromatic carbocycles. The molecule has 3 aromatic rings. The average molecular weight is 468 g/mol. The number of aromatic nitrogens is 1. The number of hydrogen-bond donors (Lipinski definition) is 3. The van der Waals surface area contributed by atoms with Gasteiger partial charge in [0.1, 0.15) is 13.2 Å². The van der Waals surface area contributed by atoms with Crippen molar-refractivity contribution >= 4 is 33.2 Å². The summed E-state index contributed by atoms with van der Waals surface area (Å²) in [5, 5.41) is 5.08. The highest BCUT2D eigenvalue weighted by Crippen LogP contribution is 2.33. The van der Waals surface area contributed by atoms with Crippen LogP contribution in [0.4, 0.5) is 11.4 Å². The summed E-state index contributed by atoms with van der Waals surface area (Å²) in [4.78, 5) is 28.6. The summed E-state index contributed by atoms with van der Waals surface area (Å²) in [6.07, 6.45) is 3.04. The normalized spacial score (nSPS) is 12.5. The van der Waals surface area contributed by atoms with E-state index in [2.05, 4.69) is 20.3 Å². The minimum absolute atomic E-state index is 0.0437. The summed E-state index contributed by atoms with van der Waals surface area (Å²) >= 11 is 0. The molecule has 3 N–H and O–H groups in total. The zero-order chi connectivity index (χ0) is 23.3. The van der Waals surface area contributed by atoms with E-state index in [0.717, 1.165) is 0 Å². The molecule has 1 aromatic heterocycles. The van der Waals surface area contributed by atoms with Crippen molar-refractivity contribution in [3.8, 4) is 11.5 Å². The summed E-state index contributed by atoms with van der Waals surface area (Å²) < 4.78 is 39.1. The Balaban J connectivity index is 1.45. The molecule has 170 valence electrons. The van der Waals surface area contributed by atoms with Crippen LogP contribution in [0, 0.1) is 0 Å². The number of pyridine rings is 1. The zero-order valence-corrected chi connectivity index (χ0v) is 18.1. The van der Waals surface area contributed by atoms with Crippen molar-refractivity contribution in [2.75, 3.05) is 29.8 Å². The number of hydrogen-bond acceptors (Lipinski definition) is 7. The molecule has 33 heavy (non-hydrogen) atoms. The van der Waals surface area contributed by atoms with Crippen molar-refractivity contribution in [2.24, 2.45) is 0 Å². The molecule has 0 saturated carbocycles. The van der Waals surface area contributed by atoms with Gasteiger partial charge in [-0.2, -0.15) is 0 Å². The van der Waals surface area contributed by atoms with Gasteiger partial charge in [-0.15, -0.1) is 0 Å². The van der Waals surface area contributed by atoms with Gasteiger partial charge in [0.05, 0.1) is 34.6 Å². The molecule has 0 atom stereocenters. The third-order valence-corrected chi connectivity index (χ3v) is 5.96. The van der Waals surface area contributed by atoms with Crippen LogP contribution in [0.3, 0.4) is 0 Å². The molecule has 2 amide bonds. The maximum atomic E-state index is 12.9. The van der Waals surface area contributed by atoms with Gasteiger partial charge in [0.2, 0.25) is 5.91 Å². The van der Waals surface area contributed by atoms with E-state index in [9.17, 15) is 18.0 Å². The first-order valence-electron chi connectivity index (χ1n) is 9.92. The van der Waals surface area contributed by atoms with E-state index in [1.807, 2.05) is 0 Å². The highest BCUT2D eigenvalue weighted by Gasteiger charge is 2.22. The summed E-state index contributed by atoms with van der Waals surface area (Å²) in [7, 11) is -4.03. The molecule has 0 unspecified atom stereocenters. The van der Waals surface area contributed by atoms with E-state index in [1.165, 1.54) is 36.5 Å². The van der Waals surface area contributed by atoms with Crippen LogP contribution in [0.2, 0.25) is 0 Å². The summed E-state index contributed by atoms with van der Waals surface area (Å²) in [5.74, 6) is -0.276. The van der Waals surface area contributed by atoms with Crippen LogP contribution >= 0.6 is 0 Å². The number of anilines is 2. The molecule has 0 spiro atoms. The molecule has 0 aliphatic carbocycles. The monoisotopic (exact) mass is 468 g/mol. The van der Waals surface area contributed by atoms with Gasteiger partial charge in [-0.25, -0.2) is 8.42 Å². The standard InChI is InChI=1S/C22H20N4O6S/c27-21(25-15-4-3-9-23-13-15)14-24-22(28)17-5-1-2-6-18(17)26-33(29,30)16-7-8-19-20(12-16)32-11-10-31-19/h1-9,12-13,26H,10-11,14H2,(H,24,28)(H,25,27). The minimum atomic E-state index is -4.03. The van der Waals surface area contributed by atoms with E-state index < -0.39 is 21.8 Å². The van der Waals surface area contributed by atoms with Gasteiger partial charge in [-0.1, -0.05) is 12.1 Å². The number of ether oxygens (including phenoxy) is 2. The topological polar surface area (TPSA) is 136 Å². The van der Waals surface area contributed by atoms with Gasteiger partial charge < -0.3 is 20.1 Å². The van der Waals surface area contributed by atoms with Crippen LogP contribution in [0.1, 0.15) is 10.4 Å². The Kier molecular flexibility index (Phi) is 6.41. The lowest BCUT2D eigenvalue weighted by Crippen LogP contribution is -2.33. The van der Waals surface area contributed by atoms with Crippen LogP contribution < -0.4 is 24.8 Å². The predicted octanol–water partition coefficient (Wildman–Crippen LogP) is 2.02. The van der Waals surface area contributed by atoms with Crippen LogP contribution in [0.15, 0.2) is 71.9 Å². The van der Waals surface area contributed by atoms with Crippen molar-refractivity contribution in [3.05, 3.63) is 72.6 Å². The Labute approximate surface area is 190 Å². The van der Waals surface area contributed by atoms with E-state index >= 15 is 0 Å². The van der Waals surface area contributed by atoms with Crippen LogP contribution in [0.25, 0.3) is 0 Å². The first-order chi connectivity index (χ1) is 15.9. The number of fused-ring (bicyclic) bond motifs is 1. The fourth-order valence-corrected chi connectivity index (χ4v) is 4.16. The van der Waals surface area contributed by atoms with Crippen LogP contribution in [0.5, 0.6) is 11.5 Å². The van der Waals surface area contributed by atoms with Crippen molar-refractivity contribution in [1.29, 1.82) is 0 Å². The molecule has 10 nitrogen and oxygen atoms in total. The summed E-state index contributed by atoms with van der Waals surface area (Å²) in [6, 6.07) is 13.7. The van der Waals surface area contributed by atoms with Crippen molar-refractivity contribution < 1.29 is 27.5 Å². The fourth-order valence-electron chi connectivity index (χ4n) is 3.06. The second-order valence-corrected chi connectivity index (χ2v) is 8.61. The number of carbonyl (C=O) groups excluding carboxylic acids is 2. The minimum Gasteiger partial charge on any atom is -0.486 e. The Hall–Kier alpha value is -4.12. The first-order valence-corrected chi connectivity index (χ1v) is 11.4. The molecule has 0 fully saturated rings. The Morgan fingerprint density at radius 3 is 2.55 bits per heavy atom. The number of nitrogens with zero attached hydrogens (tertiary/aromatic N) is 1. The van der Waals surface area contributed by atoms with E-state index in [1.54, 1.807) is 30.5 Å². The Morgan fingerprint density at radius 2 is 1.76 bits per heavy atom. The van der Waals surface area contributed by atoms with Gasteiger partial charge in [0, 0.05) is 12.3 Å². The molecule has 4 rings (SSSR count). The number of amides is 2. The van der Waals surface area contributed by atoms with E-state index in [4.69, 9.17) is 9.47 Å². The maximum Gasteiger partial charge on any atom is 0.262 e. The predicted molar refractivity (Wildman–Crippen MR) is 120 cm³/mol.